The fourth-order valence-electron chi connectivity index (χ4n) is 1.47. The minimum atomic E-state index is -0.345. The van der Waals surface area contributed by atoms with Gasteiger partial charge in [0.05, 0.1) is 0 Å². The Bertz CT molecular complexity index is 606. The van der Waals surface area contributed by atoms with Crippen LogP contribution in [0.1, 0.15) is 21.9 Å². The molecule has 0 saturated carbocycles. The van der Waals surface area contributed by atoms with E-state index in [-0.39, 0.29) is 11.6 Å². The summed E-state index contributed by atoms with van der Waals surface area (Å²) >= 11 is 0. The number of hydrogen-bond donors (Lipinski definition) is 1. The van der Waals surface area contributed by atoms with E-state index in [0.717, 1.165) is 5.69 Å². The van der Waals surface area contributed by atoms with Gasteiger partial charge < -0.3 is 14.7 Å². The number of rotatable bonds is 3. The predicted molar refractivity (Wildman–Crippen MR) is 70.3 cm³/mol. The minimum absolute atomic E-state index is 0.289. The molecule has 0 radical (unpaired) electrons. The summed E-state index contributed by atoms with van der Waals surface area (Å²) in [5.74, 6) is 1.14. The lowest BCUT2D eigenvalue weighted by Gasteiger charge is -2.11. The van der Waals surface area contributed by atoms with E-state index in [9.17, 15) is 4.79 Å². The van der Waals surface area contributed by atoms with Gasteiger partial charge in [-0.25, -0.2) is 9.97 Å². The van der Waals surface area contributed by atoms with Gasteiger partial charge in [-0.3, -0.25) is 4.79 Å². The molecule has 0 aliphatic carbocycles. The molecule has 100 valence electrons. The van der Waals surface area contributed by atoms with Crippen molar-refractivity contribution in [2.24, 2.45) is 0 Å². The van der Waals surface area contributed by atoms with Crippen molar-refractivity contribution in [3.05, 3.63) is 29.3 Å². The number of carbonyl (C=O) groups is 1. The molecule has 0 bridgehead atoms. The molecule has 0 atom stereocenters. The van der Waals surface area contributed by atoms with Crippen LogP contribution in [0.2, 0.25) is 0 Å². The third-order valence-corrected chi connectivity index (χ3v) is 2.34. The van der Waals surface area contributed by atoms with Crippen LogP contribution < -0.4 is 10.2 Å². The molecule has 2 aromatic rings. The topological polar surface area (TPSA) is 84.2 Å². The third kappa shape index (κ3) is 3.06. The molecule has 0 fully saturated rings. The van der Waals surface area contributed by atoms with Gasteiger partial charge >= 0.3 is 0 Å². The van der Waals surface area contributed by atoms with E-state index in [0.29, 0.717) is 17.5 Å². The summed E-state index contributed by atoms with van der Waals surface area (Å²) in [7, 11) is 3.63. The quantitative estimate of drug-likeness (QED) is 0.899. The molecule has 0 aliphatic rings. The summed E-state index contributed by atoms with van der Waals surface area (Å²) in [6, 6.07) is 3.26. The third-order valence-electron chi connectivity index (χ3n) is 2.34. The summed E-state index contributed by atoms with van der Waals surface area (Å²) in [4.78, 5) is 22.2. The Morgan fingerprint density at radius 1 is 1.26 bits per heavy atom. The molecule has 7 nitrogen and oxygen atoms in total. The van der Waals surface area contributed by atoms with E-state index in [1.807, 2.05) is 21.0 Å². The summed E-state index contributed by atoms with van der Waals surface area (Å²) in [5, 5.41) is 6.32. The highest BCUT2D eigenvalue weighted by molar-refractivity contribution is 6.02. The van der Waals surface area contributed by atoms with Gasteiger partial charge in [-0.05, 0) is 19.9 Å². The highest BCUT2D eigenvalue weighted by Gasteiger charge is 2.13. The lowest BCUT2D eigenvalue weighted by atomic mass is 10.3. The molecule has 0 aromatic carbocycles. The van der Waals surface area contributed by atoms with Crippen LogP contribution in [0, 0.1) is 13.8 Å². The second-order valence-corrected chi connectivity index (χ2v) is 4.37. The Labute approximate surface area is 110 Å². The van der Waals surface area contributed by atoms with Crippen molar-refractivity contribution in [3.63, 3.8) is 0 Å². The van der Waals surface area contributed by atoms with Gasteiger partial charge in [-0.15, -0.1) is 0 Å². The van der Waals surface area contributed by atoms with Crippen LogP contribution in [0.25, 0.3) is 0 Å². The molecule has 0 unspecified atom stereocenters. The number of anilines is 2. The maximum absolute atomic E-state index is 12.0. The Kier molecular flexibility index (Phi) is 3.46. The summed E-state index contributed by atoms with van der Waals surface area (Å²) < 4.78 is 4.88. The van der Waals surface area contributed by atoms with Crippen LogP contribution in [0.15, 0.2) is 16.7 Å². The monoisotopic (exact) mass is 261 g/mol. The van der Waals surface area contributed by atoms with Crippen molar-refractivity contribution >= 4 is 17.7 Å². The molecule has 0 spiro atoms. The molecule has 19 heavy (non-hydrogen) atoms. The van der Waals surface area contributed by atoms with Gasteiger partial charge in [0.15, 0.2) is 5.82 Å². The van der Waals surface area contributed by atoms with Crippen LogP contribution in [-0.2, 0) is 0 Å². The predicted octanol–water partition coefficient (Wildman–Crippen LogP) is 1.40. The van der Waals surface area contributed by atoms with Gasteiger partial charge in [0.25, 0.3) is 5.91 Å². The number of carbonyl (C=O) groups excluding carboxylic acids is 1. The van der Waals surface area contributed by atoms with Gasteiger partial charge in [0.1, 0.15) is 11.5 Å². The molecule has 1 N–H and O–H groups in total. The number of nitrogens with one attached hydrogen (secondary N) is 1. The fraction of sp³-hybridized carbons (Fsp3) is 0.333. The maximum Gasteiger partial charge on any atom is 0.275 e. The molecule has 2 aromatic heterocycles. The first-order chi connectivity index (χ1) is 8.95. The molecule has 7 heteroatoms. The van der Waals surface area contributed by atoms with E-state index >= 15 is 0 Å². The smallest absolute Gasteiger partial charge is 0.275 e. The zero-order chi connectivity index (χ0) is 14.0. The maximum atomic E-state index is 12.0. The van der Waals surface area contributed by atoms with Crippen molar-refractivity contribution in [3.8, 4) is 0 Å². The van der Waals surface area contributed by atoms with E-state index in [1.54, 1.807) is 24.0 Å². The Morgan fingerprint density at radius 3 is 2.58 bits per heavy atom. The normalized spacial score (nSPS) is 10.3. The number of amides is 1. The number of nitrogens with zero attached hydrogens (tertiary/aromatic N) is 4. The average molecular weight is 261 g/mol. The van der Waals surface area contributed by atoms with Crippen LogP contribution in [0.5, 0.6) is 0 Å². The van der Waals surface area contributed by atoms with Crippen LogP contribution >= 0.6 is 0 Å². The molecular formula is C12H15N5O2. The summed E-state index contributed by atoms with van der Waals surface area (Å²) in [5.41, 5.74) is 1.01. The zero-order valence-corrected chi connectivity index (χ0v) is 11.3. The second-order valence-electron chi connectivity index (χ2n) is 4.37. The Morgan fingerprint density at radius 2 is 2.00 bits per heavy atom. The molecular weight excluding hydrogens is 246 g/mol. The van der Waals surface area contributed by atoms with Crippen LogP contribution in [0.3, 0.4) is 0 Å². The average Bonchev–Trinajstić information content (AvgIpc) is 2.73. The standard InChI is InChI=1S/C12H15N5O2/c1-7-5-9(14-12(13-7)17(3)4)11(18)15-10-6-8(2)19-16-10/h5-6H,1-4H3,(H,15,16,18). The summed E-state index contributed by atoms with van der Waals surface area (Å²) in [6.07, 6.45) is 0. The largest absolute Gasteiger partial charge is 0.360 e. The summed E-state index contributed by atoms with van der Waals surface area (Å²) in [6.45, 7) is 3.56. The molecule has 2 rings (SSSR count). The molecule has 0 aliphatic heterocycles. The van der Waals surface area contributed by atoms with Crippen molar-refractivity contribution in [2.45, 2.75) is 13.8 Å². The second kappa shape index (κ2) is 5.05. The van der Waals surface area contributed by atoms with E-state index in [4.69, 9.17) is 4.52 Å². The van der Waals surface area contributed by atoms with Crippen molar-refractivity contribution in [1.29, 1.82) is 0 Å². The first-order valence-corrected chi connectivity index (χ1v) is 5.73. The van der Waals surface area contributed by atoms with Gasteiger partial charge in [-0.1, -0.05) is 5.16 Å². The van der Waals surface area contributed by atoms with Crippen LogP contribution in [0.4, 0.5) is 11.8 Å². The lowest BCUT2D eigenvalue weighted by Crippen LogP contribution is -2.19. The van der Waals surface area contributed by atoms with Crippen molar-refractivity contribution in [2.75, 3.05) is 24.3 Å². The Hall–Kier alpha value is -2.44. The fourth-order valence-corrected chi connectivity index (χ4v) is 1.47. The number of hydrogen-bond acceptors (Lipinski definition) is 6. The van der Waals surface area contributed by atoms with Gasteiger partial charge in [0.2, 0.25) is 5.95 Å². The molecule has 0 saturated heterocycles. The number of aromatic nitrogens is 3. The highest BCUT2D eigenvalue weighted by atomic mass is 16.5. The zero-order valence-electron chi connectivity index (χ0n) is 11.3. The van der Waals surface area contributed by atoms with Gasteiger partial charge in [0, 0.05) is 25.9 Å². The number of aryl methyl sites for hydroxylation is 2. The first kappa shape index (κ1) is 13.0. The van der Waals surface area contributed by atoms with E-state index in [2.05, 4.69) is 20.4 Å². The molecule has 2 heterocycles. The highest BCUT2D eigenvalue weighted by Crippen LogP contribution is 2.11. The van der Waals surface area contributed by atoms with E-state index in [1.165, 1.54) is 0 Å². The van der Waals surface area contributed by atoms with Crippen LogP contribution in [-0.4, -0.2) is 35.1 Å². The SMILES string of the molecule is Cc1cc(C(=O)Nc2cc(C)on2)nc(N(C)C)n1. The van der Waals surface area contributed by atoms with Crippen molar-refractivity contribution < 1.29 is 9.32 Å². The van der Waals surface area contributed by atoms with Gasteiger partial charge in [-0.2, -0.15) is 0 Å². The molecule has 1 amide bonds. The minimum Gasteiger partial charge on any atom is -0.360 e. The first-order valence-electron chi connectivity index (χ1n) is 5.73. The van der Waals surface area contributed by atoms with E-state index < -0.39 is 0 Å². The lowest BCUT2D eigenvalue weighted by molar-refractivity contribution is 0.102. The Balaban J connectivity index is 2.23. The van der Waals surface area contributed by atoms with Crippen molar-refractivity contribution in [1.82, 2.24) is 15.1 Å².